The Morgan fingerprint density at radius 1 is 1.27 bits per heavy atom. The third-order valence-corrected chi connectivity index (χ3v) is 4.60. The van der Waals surface area contributed by atoms with Crippen LogP contribution in [-0.2, 0) is 6.54 Å². The van der Waals surface area contributed by atoms with E-state index in [-0.39, 0.29) is 5.91 Å². The van der Waals surface area contributed by atoms with Crippen molar-refractivity contribution < 1.29 is 4.79 Å². The number of carbonyl (C=O) groups is 1. The number of carbonyl (C=O) groups excluding carboxylic acids is 1. The molecular formula is C18H22N6OS. The highest BCUT2D eigenvalue weighted by Gasteiger charge is 2.12. The van der Waals surface area contributed by atoms with Crippen LogP contribution < -0.4 is 10.6 Å². The normalized spacial score (nSPS) is 11.5. The van der Waals surface area contributed by atoms with Crippen molar-refractivity contribution in [1.82, 2.24) is 24.6 Å². The molecule has 0 radical (unpaired) electrons. The van der Waals surface area contributed by atoms with Crippen LogP contribution in [0.1, 0.15) is 15.2 Å². The molecule has 0 aliphatic carbocycles. The summed E-state index contributed by atoms with van der Waals surface area (Å²) in [5.74, 6) is 1.40. The summed E-state index contributed by atoms with van der Waals surface area (Å²) in [6, 6.07) is 3.90. The Labute approximate surface area is 156 Å². The number of amides is 1. The molecule has 26 heavy (non-hydrogen) atoms. The van der Waals surface area contributed by atoms with Crippen molar-refractivity contribution in [3.8, 4) is 0 Å². The van der Waals surface area contributed by atoms with Gasteiger partial charge in [0.2, 0.25) is 5.78 Å². The van der Waals surface area contributed by atoms with Gasteiger partial charge in [0.1, 0.15) is 5.82 Å². The number of fused-ring (bicyclic) bond motifs is 1. The largest absolute Gasteiger partial charge is 0.366 e. The average molecular weight is 370 g/mol. The Kier molecular flexibility index (Phi) is 5.98. The quantitative estimate of drug-likeness (QED) is 0.595. The molecule has 3 rings (SSSR count). The first-order valence-corrected chi connectivity index (χ1v) is 9.19. The van der Waals surface area contributed by atoms with E-state index in [9.17, 15) is 4.79 Å². The van der Waals surface area contributed by atoms with Crippen LogP contribution in [0.3, 0.4) is 0 Å². The second-order valence-corrected chi connectivity index (χ2v) is 6.94. The molecule has 0 saturated carbocycles. The predicted octanol–water partition coefficient (Wildman–Crippen LogP) is 2.25. The van der Waals surface area contributed by atoms with Crippen LogP contribution in [0.4, 0.5) is 5.82 Å². The zero-order valence-corrected chi connectivity index (χ0v) is 15.7. The number of anilines is 1. The van der Waals surface area contributed by atoms with Crippen molar-refractivity contribution in [1.29, 1.82) is 0 Å². The molecule has 0 unspecified atom stereocenters. The van der Waals surface area contributed by atoms with E-state index in [1.807, 2.05) is 60.6 Å². The van der Waals surface area contributed by atoms with E-state index >= 15 is 0 Å². The van der Waals surface area contributed by atoms with Gasteiger partial charge in [-0.1, -0.05) is 12.2 Å². The number of aromatic nitrogens is 3. The van der Waals surface area contributed by atoms with Gasteiger partial charge in [-0.25, -0.2) is 4.98 Å². The molecule has 0 spiro atoms. The van der Waals surface area contributed by atoms with Crippen molar-refractivity contribution in [3.05, 3.63) is 58.7 Å². The maximum Gasteiger partial charge on any atom is 0.261 e. The molecule has 0 aromatic carbocycles. The number of thiophene rings is 1. The zero-order chi connectivity index (χ0) is 18.4. The Morgan fingerprint density at radius 2 is 2.12 bits per heavy atom. The summed E-state index contributed by atoms with van der Waals surface area (Å²) in [6.07, 6.45) is 9.37. The second kappa shape index (κ2) is 8.59. The fraction of sp³-hybridized carbons (Fsp3) is 0.278. The molecule has 8 heteroatoms. The molecule has 136 valence electrons. The van der Waals surface area contributed by atoms with Gasteiger partial charge in [0.15, 0.2) is 0 Å². The van der Waals surface area contributed by atoms with Crippen molar-refractivity contribution >= 4 is 28.8 Å². The van der Waals surface area contributed by atoms with Crippen LogP contribution in [0, 0.1) is 0 Å². The van der Waals surface area contributed by atoms with Crippen LogP contribution in [0.2, 0.25) is 0 Å². The fourth-order valence-corrected chi connectivity index (χ4v) is 3.30. The second-order valence-electron chi connectivity index (χ2n) is 6.02. The van der Waals surface area contributed by atoms with E-state index in [4.69, 9.17) is 0 Å². The van der Waals surface area contributed by atoms with Crippen molar-refractivity contribution in [3.63, 3.8) is 0 Å². The Balaban J connectivity index is 1.43. The first-order valence-electron chi connectivity index (χ1n) is 8.31. The van der Waals surface area contributed by atoms with Gasteiger partial charge in [-0.3, -0.25) is 9.20 Å². The lowest BCUT2D eigenvalue weighted by Gasteiger charge is -2.10. The molecule has 3 aromatic rings. The van der Waals surface area contributed by atoms with Crippen molar-refractivity contribution in [2.45, 2.75) is 6.54 Å². The number of imidazole rings is 1. The lowest BCUT2D eigenvalue weighted by molar-refractivity contribution is 0.0960. The molecule has 0 fully saturated rings. The molecule has 0 aliphatic rings. The minimum Gasteiger partial charge on any atom is -0.366 e. The van der Waals surface area contributed by atoms with E-state index in [1.165, 1.54) is 11.3 Å². The SMILES string of the molecule is CN(C)Cc1ccsc1C(=O)NC/C=C/CNc1ccn2ccnc2n1. The third kappa shape index (κ3) is 4.68. The van der Waals surface area contributed by atoms with E-state index in [0.717, 1.165) is 22.8 Å². The lowest BCUT2D eigenvalue weighted by Crippen LogP contribution is -2.24. The molecule has 3 heterocycles. The van der Waals surface area contributed by atoms with Gasteiger partial charge in [0.05, 0.1) is 4.88 Å². The van der Waals surface area contributed by atoms with Gasteiger partial charge >= 0.3 is 0 Å². The number of nitrogens with zero attached hydrogens (tertiary/aromatic N) is 4. The highest BCUT2D eigenvalue weighted by Crippen LogP contribution is 2.17. The first kappa shape index (κ1) is 18.1. The van der Waals surface area contributed by atoms with Crippen LogP contribution in [0.15, 0.2) is 48.3 Å². The summed E-state index contributed by atoms with van der Waals surface area (Å²) in [5.41, 5.74) is 1.06. The molecule has 0 atom stereocenters. The highest BCUT2D eigenvalue weighted by molar-refractivity contribution is 7.12. The minimum absolute atomic E-state index is 0.0270. The zero-order valence-electron chi connectivity index (χ0n) is 14.8. The third-order valence-electron chi connectivity index (χ3n) is 3.65. The van der Waals surface area contributed by atoms with Crippen LogP contribution in [0.25, 0.3) is 5.78 Å². The summed E-state index contributed by atoms with van der Waals surface area (Å²) in [6.45, 7) is 1.89. The average Bonchev–Trinajstić information content (AvgIpc) is 3.25. The highest BCUT2D eigenvalue weighted by atomic mass is 32.1. The molecule has 0 bridgehead atoms. The van der Waals surface area contributed by atoms with Crippen LogP contribution in [0.5, 0.6) is 0 Å². The number of nitrogens with one attached hydrogen (secondary N) is 2. The van der Waals surface area contributed by atoms with E-state index < -0.39 is 0 Å². The number of hydrogen-bond donors (Lipinski definition) is 2. The molecule has 0 saturated heterocycles. The maximum absolute atomic E-state index is 12.3. The van der Waals surface area contributed by atoms with E-state index in [1.54, 1.807) is 6.20 Å². The molecule has 2 N–H and O–H groups in total. The van der Waals surface area contributed by atoms with Crippen molar-refractivity contribution in [2.24, 2.45) is 0 Å². The smallest absolute Gasteiger partial charge is 0.261 e. The summed E-state index contributed by atoms with van der Waals surface area (Å²) >= 11 is 1.48. The van der Waals surface area contributed by atoms with Crippen molar-refractivity contribution in [2.75, 3.05) is 32.5 Å². The number of rotatable bonds is 8. The van der Waals surface area contributed by atoms with Gasteiger partial charge in [0, 0.05) is 38.2 Å². The molecular weight excluding hydrogens is 348 g/mol. The summed E-state index contributed by atoms with van der Waals surface area (Å²) in [5, 5.41) is 8.09. The Morgan fingerprint density at radius 3 is 2.96 bits per heavy atom. The number of hydrogen-bond acceptors (Lipinski definition) is 6. The summed E-state index contributed by atoms with van der Waals surface area (Å²) in [7, 11) is 3.99. The topological polar surface area (TPSA) is 74.6 Å². The van der Waals surface area contributed by atoms with Gasteiger partial charge in [0.25, 0.3) is 5.91 Å². The summed E-state index contributed by atoms with van der Waals surface area (Å²) < 4.78 is 1.85. The predicted molar refractivity (Wildman–Crippen MR) is 105 cm³/mol. The standard InChI is InChI=1S/C18H22N6OS/c1-23(2)13-14-6-12-26-16(14)17(25)20-8-4-3-7-19-15-5-10-24-11-9-21-18(24)22-15/h3-6,9-12H,7-8,13H2,1-2H3,(H,20,25)(H,19,21,22)/b4-3+. The van der Waals surface area contributed by atoms with Gasteiger partial charge in [-0.05, 0) is 37.2 Å². The van der Waals surface area contributed by atoms with E-state index in [0.29, 0.717) is 18.9 Å². The monoisotopic (exact) mass is 370 g/mol. The van der Waals surface area contributed by atoms with Gasteiger partial charge in [-0.15, -0.1) is 11.3 Å². The fourth-order valence-electron chi connectivity index (χ4n) is 2.46. The molecule has 3 aromatic heterocycles. The van der Waals surface area contributed by atoms with Crippen LogP contribution >= 0.6 is 11.3 Å². The van der Waals surface area contributed by atoms with Gasteiger partial charge < -0.3 is 15.5 Å². The van der Waals surface area contributed by atoms with Crippen LogP contribution in [-0.4, -0.2) is 52.4 Å². The Hall–Kier alpha value is -2.71. The summed E-state index contributed by atoms with van der Waals surface area (Å²) in [4.78, 5) is 23.6. The molecule has 7 nitrogen and oxygen atoms in total. The lowest BCUT2D eigenvalue weighted by atomic mass is 10.2. The Bertz CT molecular complexity index is 898. The van der Waals surface area contributed by atoms with E-state index in [2.05, 4.69) is 25.5 Å². The first-order chi connectivity index (χ1) is 12.6. The molecule has 0 aliphatic heterocycles. The minimum atomic E-state index is -0.0270. The van der Waals surface area contributed by atoms with Gasteiger partial charge in [-0.2, -0.15) is 4.98 Å². The molecule has 1 amide bonds. The maximum atomic E-state index is 12.3.